The molecule has 2 rings (SSSR count). The molecule has 0 amide bonds. The summed E-state index contributed by atoms with van der Waals surface area (Å²) in [4.78, 5) is 6.56. The molecule has 2 aromatic rings. The van der Waals surface area contributed by atoms with Gasteiger partial charge in [0.15, 0.2) is 5.11 Å². The van der Waals surface area contributed by atoms with Crippen molar-refractivity contribution in [2.75, 3.05) is 12.4 Å². The number of methoxy groups -OCH3 is 1. The molecule has 1 N–H and O–H groups in total. The first-order valence-electron chi connectivity index (χ1n) is 7.77. The predicted molar refractivity (Wildman–Crippen MR) is 104 cm³/mol. The van der Waals surface area contributed by atoms with E-state index in [0.29, 0.717) is 15.9 Å². The highest BCUT2D eigenvalue weighted by Gasteiger charge is 2.22. The van der Waals surface area contributed by atoms with E-state index >= 15 is 0 Å². The summed E-state index contributed by atoms with van der Waals surface area (Å²) in [5, 5.41) is 4.43. The average Bonchev–Trinajstić information content (AvgIpc) is 2.55. The molecule has 1 unspecified atom stereocenters. The lowest BCUT2D eigenvalue weighted by molar-refractivity contribution is 0.280. The van der Waals surface area contributed by atoms with Crippen LogP contribution in [0.15, 0.2) is 42.6 Å². The third kappa shape index (κ3) is 4.36. The maximum absolute atomic E-state index is 6.18. The Morgan fingerprint density at radius 2 is 2.00 bits per heavy atom. The lowest BCUT2D eigenvalue weighted by atomic mass is 10.1. The van der Waals surface area contributed by atoms with Gasteiger partial charge in [0.25, 0.3) is 0 Å². The van der Waals surface area contributed by atoms with Crippen LogP contribution >= 0.6 is 23.8 Å². The van der Waals surface area contributed by atoms with Crippen LogP contribution < -0.4 is 10.1 Å². The molecule has 0 aliphatic rings. The molecule has 0 radical (unpaired) electrons. The average molecular weight is 364 g/mol. The van der Waals surface area contributed by atoms with Gasteiger partial charge in [0.05, 0.1) is 23.9 Å². The lowest BCUT2D eigenvalue weighted by Gasteiger charge is -2.35. The maximum atomic E-state index is 6.18. The molecule has 0 aliphatic heterocycles. The zero-order valence-electron chi connectivity index (χ0n) is 14.3. The normalized spacial score (nSPS) is 11.9. The first-order valence-corrected chi connectivity index (χ1v) is 8.56. The Labute approximate surface area is 153 Å². The number of nitrogens with zero attached hydrogens (tertiary/aromatic N) is 2. The Kier molecular flexibility index (Phi) is 6.40. The van der Waals surface area contributed by atoms with Crippen molar-refractivity contribution in [1.82, 2.24) is 9.88 Å². The topological polar surface area (TPSA) is 37.4 Å². The summed E-state index contributed by atoms with van der Waals surface area (Å²) in [6.45, 7) is 6.31. The Bertz CT molecular complexity index is 694. The zero-order chi connectivity index (χ0) is 17.7. The van der Waals surface area contributed by atoms with Crippen LogP contribution in [-0.2, 0) is 0 Å². The van der Waals surface area contributed by atoms with Crippen LogP contribution in [0.5, 0.6) is 5.75 Å². The highest BCUT2D eigenvalue weighted by atomic mass is 35.5. The predicted octanol–water partition coefficient (Wildman–Crippen LogP) is 4.91. The van der Waals surface area contributed by atoms with Gasteiger partial charge in [-0.3, -0.25) is 4.98 Å². The summed E-state index contributed by atoms with van der Waals surface area (Å²) in [5.41, 5.74) is 1.80. The second-order valence-electron chi connectivity index (χ2n) is 5.71. The van der Waals surface area contributed by atoms with Crippen LogP contribution in [0.2, 0.25) is 5.02 Å². The lowest BCUT2D eigenvalue weighted by Crippen LogP contribution is -2.41. The molecule has 6 heteroatoms. The molecule has 0 spiro atoms. The van der Waals surface area contributed by atoms with E-state index in [-0.39, 0.29) is 12.1 Å². The number of aromatic nitrogens is 1. The molecule has 0 saturated carbocycles. The first kappa shape index (κ1) is 18.5. The molecule has 4 nitrogen and oxygen atoms in total. The highest BCUT2D eigenvalue weighted by molar-refractivity contribution is 7.80. The molecule has 0 fully saturated rings. The van der Waals surface area contributed by atoms with E-state index in [1.165, 1.54) is 0 Å². The van der Waals surface area contributed by atoms with Crippen LogP contribution in [0, 0.1) is 0 Å². The number of halogens is 1. The van der Waals surface area contributed by atoms with E-state index in [1.54, 1.807) is 19.4 Å². The van der Waals surface area contributed by atoms with Gasteiger partial charge in [-0.1, -0.05) is 17.7 Å². The van der Waals surface area contributed by atoms with Crippen molar-refractivity contribution >= 4 is 34.6 Å². The second-order valence-corrected chi connectivity index (χ2v) is 6.50. The highest BCUT2D eigenvalue weighted by Crippen LogP contribution is 2.28. The third-order valence-corrected chi connectivity index (χ3v) is 4.34. The molecule has 0 saturated heterocycles. The van der Waals surface area contributed by atoms with Gasteiger partial charge in [0, 0.05) is 17.9 Å². The number of ether oxygens (including phenoxy) is 1. The smallest absolute Gasteiger partial charge is 0.174 e. The van der Waals surface area contributed by atoms with E-state index in [2.05, 4.69) is 36.0 Å². The minimum absolute atomic E-state index is 0.0555. The number of pyridine rings is 1. The monoisotopic (exact) mass is 363 g/mol. The Balaban J connectivity index is 2.19. The number of thiocarbonyl (C=S) groups is 1. The fourth-order valence-corrected chi connectivity index (χ4v) is 3.30. The van der Waals surface area contributed by atoms with Crippen LogP contribution in [-0.4, -0.2) is 28.1 Å². The maximum Gasteiger partial charge on any atom is 0.174 e. The van der Waals surface area contributed by atoms with Gasteiger partial charge in [-0.15, -0.1) is 0 Å². The van der Waals surface area contributed by atoms with Crippen molar-refractivity contribution in [2.24, 2.45) is 0 Å². The van der Waals surface area contributed by atoms with Gasteiger partial charge in [-0.2, -0.15) is 0 Å². The van der Waals surface area contributed by atoms with E-state index in [0.717, 1.165) is 11.4 Å². The largest absolute Gasteiger partial charge is 0.495 e. The van der Waals surface area contributed by atoms with Crippen molar-refractivity contribution < 1.29 is 4.74 Å². The number of benzene rings is 1. The second kappa shape index (κ2) is 8.31. The van der Waals surface area contributed by atoms with Gasteiger partial charge in [-0.25, -0.2) is 0 Å². The van der Waals surface area contributed by atoms with Crippen molar-refractivity contribution in [3.63, 3.8) is 0 Å². The molecular weight excluding hydrogens is 342 g/mol. The quantitative estimate of drug-likeness (QED) is 0.764. The summed E-state index contributed by atoms with van der Waals surface area (Å²) in [6.07, 6.45) is 1.80. The molecule has 0 aliphatic carbocycles. The van der Waals surface area contributed by atoms with Crippen LogP contribution in [0.4, 0.5) is 5.69 Å². The van der Waals surface area contributed by atoms with Crippen LogP contribution in [0.3, 0.4) is 0 Å². The minimum atomic E-state index is 0.0555. The number of hydrogen-bond acceptors (Lipinski definition) is 3. The number of rotatable bonds is 5. The Hall–Kier alpha value is -1.85. The van der Waals surface area contributed by atoms with Crippen LogP contribution in [0.1, 0.15) is 32.5 Å². The SMILES string of the molecule is COc1ccc(NC(=S)N(C(C)C)C(C)c2ccccn2)cc1Cl. The van der Waals surface area contributed by atoms with Gasteiger partial charge in [0.1, 0.15) is 5.75 Å². The van der Waals surface area contributed by atoms with Gasteiger partial charge in [0.2, 0.25) is 0 Å². The van der Waals surface area contributed by atoms with Crippen LogP contribution in [0.25, 0.3) is 0 Å². The third-order valence-electron chi connectivity index (χ3n) is 3.73. The fraction of sp³-hybridized carbons (Fsp3) is 0.333. The van der Waals surface area contributed by atoms with Crippen molar-refractivity contribution in [3.8, 4) is 5.75 Å². The van der Waals surface area contributed by atoms with E-state index in [1.807, 2.05) is 30.3 Å². The molecule has 0 bridgehead atoms. The van der Waals surface area contributed by atoms with E-state index < -0.39 is 0 Å². The number of nitrogens with one attached hydrogen (secondary N) is 1. The summed E-state index contributed by atoms with van der Waals surface area (Å²) in [5.74, 6) is 0.635. The number of hydrogen-bond donors (Lipinski definition) is 1. The van der Waals surface area contributed by atoms with Gasteiger partial charge in [-0.05, 0) is 63.3 Å². The summed E-state index contributed by atoms with van der Waals surface area (Å²) >= 11 is 11.8. The molecule has 1 aromatic carbocycles. The Morgan fingerprint density at radius 3 is 2.54 bits per heavy atom. The standard InChI is InChI=1S/C18H22ClN3OS/c1-12(2)22(13(3)16-7-5-6-10-20-16)18(24)21-14-8-9-17(23-4)15(19)11-14/h5-13H,1-4H3,(H,21,24). The molecule has 24 heavy (non-hydrogen) atoms. The minimum Gasteiger partial charge on any atom is -0.495 e. The van der Waals surface area contributed by atoms with Gasteiger partial charge < -0.3 is 15.0 Å². The molecular formula is C18H22ClN3OS. The van der Waals surface area contributed by atoms with E-state index in [9.17, 15) is 0 Å². The fourth-order valence-electron chi connectivity index (χ4n) is 2.56. The molecule has 128 valence electrons. The molecule has 1 heterocycles. The molecule has 1 aromatic heterocycles. The Morgan fingerprint density at radius 1 is 1.25 bits per heavy atom. The summed E-state index contributed by atoms with van der Waals surface area (Å²) in [7, 11) is 1.59. The number of anilines is 1. The van der Waals surface area contributed by atoms with Crippen molar-refractivity contribution in [3.05, 3.63) is 53.3 Å². The summed E-state index contributed by atoms with van der Waals surface area (Å²) in [6, 6.07) is 11.7. The first-order chi connectivity index (χ1) is 11.4. The van der Waals surface area contributed by atoms with Gasteiger partial charge >= 0.3 is 0 Å². The summed E-state index contributed by atoms with van der Waals surface area (Å²) < 4.78 is 5.18. The zero-order valence-corrected chi connectivity index (χ0v) is 15.9. The molecule has 1 atom stereocenters. The van der Waals surface area contributed by atoms with E-state index in [4.69, 9.17) is 28.6 Å². The van der Waals surface area contributed by atoms with Crippen molar-refractivity contribution in [2.45, 2.75) is 32.9 Å². The van der Waals surface area contributed by atoms with Crippen molar-refractivity contribution in [1.29, 1.82) is 0 Å².